The Morgan fingerprint density at radius 2 is 1.12 bits per heavy atom. The van der Waals surface area contributed by atoms with Gasteiger partial charge in [0, 0.05) is 0 Å². The Morgan fingerprint density at radius 1 is 0.875 bits per heavy atom. The standard InChI is InChI=1S/C10H18N2O4/c1-9(2,7(13)14)5-11-12-6-10(3,4)8(15)16/h5-6H2,1-4H3,(H,13,14)(H,15,16)/b12-11+. The SMILES string of the molecule is CC(C)(C/N=N/CC(C)(C)C(=O)O)C(=O)O. The van der Waals surface area contributed by atoms with Gasteiger partial charge in [0.05, 0.1) is 23.9 Å². The van der Waals surface area contributed by atoms with Gasteiger partial charge in [-0.3, -0.25) is 9.59 Å². The summed E-state index contributed by atoms with van der Waals surface area (Å²) in [6.07, 6.45) is 0. The minimum absolute atomic E-state index is 0.0397. The van der Waals surface area contributed by atoms with Crippen LogP contribution in [0.4, 0.5) is 0 Å². The molecule has 0 amide bonds. The molecular formula is C10H18N2O4. The van der Waals surface area contributed by atoms with Crippen LogP contribution in [-0.2, 0) is 9.59 Å². The molecule has 0 radical (unpaired) electrons. The van der Waals surface area contributed by atoms with Gasteiger partial charge in [-0.15, -0.1) is 0 Å². The third kappa shape index (κ3) is 4.37. The van der Waals surface area contributed by atoms with E-state index in [1.54, 1.807) is 0 Å². The fraction of sp³-hybridized carbons (Fsp3) is 0.800. The monoisotopic (exact) mass is 230 g/mol. The first kappa shape index (κ1) is 14.5. The lowest BCUT2D eigenvalue weighted by molar-refractivity contribution is -0.147. The minimum atomic E-state index is -0.975. The van der Waals surface area contributed by atoms with Crippen molar-refractivity contribution in [3.8, 4) is 0 Å². The molecule has 0 aromatic carbocycles. The van der Waals surface area contributed by atoms with Crippen molar-refractivity contribution < 1.29 is 19.8 Å². The average molecular weight is 230 g/mol. The van der Waals surface area contributed by atoms with Crippen LogP contribution in [0.1, 0.15) is 27.7 Å². The van der Waals surface area contributed by atoms with Gasteiger partial charge >= 0.3 is 11.9 Å². The summed E-state index contributed by atoms with van der Waals surface area (Å²) < 4.78 is 0. The molecule has 0 bridgehead atoms. The molecule has 0 atom stereocenters. The lowest BCUT2D eigenvalue weighted by Crippen LogP contribution is -2.28. The predicted molar refractivity (Wildman–Crippen MR) is 57.4 cm³/mol. The van der Waals surface area contributed by atoms with Crippen LogP contribution >= 0.6 is 0 Å². The van der Waals surface area contributed by atoms with E-state index in [0.717, 1.165) is 0 Å². The van der Waals surface area contributed by atoms with E-state index in [-0.39, 0.29) is 13.1 Å². The van der Waals surface area contributed by atoms with Crippen LogP contribution in [0.15, 0.2) is 10.2 Å². The Balaban J connectivity index is 4.25. The van der Waals surface area contributed by atoms with Gasteiger partial charge in [-0.25, -0.2) is 0 Å². The Bertz CT molecular complexity index is 278. The Kier molecular flexibility index (Phi) is 4.59. The molecule has 0 aliphatic rings. The molecule has 6 nitrogen and oxygen atoms in total. The van der Waals surface area contributed by atoms with Gasteiger partial charge in [0.25, 0.3) is 0 Å². The van der Waals surface area contributed by atoms with Crippen LogP contribution in [0, 0.1) is 10.8 Å². The zero-order valence-corrected chi connectivity index (χ0v) is 10.0. The molecule has 16 heavy (non-hydrogen) atoms. The lowest BCUT2D eigenvalue weighted by Gasteiger charge is -2.16. The summed E-state index contributed by atoms with van der Waals surface area (Å²) in [5.41, 5.74) is -1.95. The second-order valence-corrected chi connectivity index (χ2v) is 4.98. The number of rotatable bonds is 6. The van der Waals surface area contributed by atoms with Crippen molar-refractivity contribution in [1.29, 1.82) is 0 Å². The molecule has 6 heteroatoms. The van der Waals surface area contributed by atoms with Crippen molar-refractivity contribution in [1.82, 2.24) is 0 Å². The molecule has 0 heterocycles. The van der Waals surface area contributed by atoms with E-state index in [2.05, 4.69) is 10.2 Å². The van der Waals surface area contributed by atoms with E-state index in [1.165, 1.54) is 27.7 Å². The van der Waals surface area contributed by atoms with Crippen molar-refractivity contribution >= 4 is 11.9 Å². The number of carbonyl (C=O) groups is 2. The topological polar surface area (TPSA) is 99.3 Å². The number of azo groups is 1. The fourth-order valence-electron chi connectivity index (χ4n) is 0.589. The van der Waals surface area contributed by atoms with Crippen LogP contribution in [0.25, 0.3) is 0 Å². The van der Waals surface area contributed by atoms with Gasteiger partial charge in [0.1, 0.15) is 0 Å². The molecule has 0 unspecified atom stereocenters. The van der Waals surface area contributed by atoms with Gasteiger partial charge in [-0.2, -0.15) is 10.2 Å². The quantitative estimate of drug-likeness (QED) is 0.678. The molecule has 0 rings (SSSR count). The highest BCUT2D eigenvalue weighted by atomic mass is 16.4. The summed E-state index contributed by atoms with van der Waals surface area (Å²) in [4.78, 5) is 21.4. The lowest BCUT2D eigenvalue weighted by atomic mass is 9.94. The number of carboxylic acids is 2. The molecule has 0 spiro atoms. The number of aliphatic carboxylic acids is 2. The van der Waals surface area contributed by atoms with Crippen LogP contribution in [0.2, 0.25) is 0 Å². The smallest absolute Gasteiger partial charge is 0.311 e. The Morgan fingerprint density at radius 3 is 1.31 bits per heavy atom. The highest BCUT2D eigenvalue weighted by molar-refractivity contribution is 5.74. The third-order valence-electron chi connectivity index (χ3n) is 2.19. The minimum Gasteiger partial charge on any atom is -0.481 e. The van der Waals surface area contributed by atoms with Crippen LogP contribution in [0.3, 0.4) is 0 Å². The molecule has 2 N–H and O–H groups in total. The highest BCUT2D eigenvalue weighted by Crippen LogP contribution is 2.18. The van der Waals surface area contributed by atoms with Crippen molar-refractivity contribution in [2.45, 2.75) is 27.7 Å². The molecule has 0 aromatic rings. The van der Waals surface area contributed by atoms with Crippen molar-refractivity contribution in [3.63, 3.8) is 0 Å². The summed E-state index contributed by atoms with van der Waals surface area (Å²) >= 11 is 0. The maximum atomic E-state index is 10.7. The maximum absolute atomic E-state index is 10.7. The van der Waals surface area contributed by atoms with Crippen molar-refractivity contribution in [3.05, 3.63) is 0 Å². The summed E-state index contributed by atoms with van der Waals surface area (Å²) in [6.45, 7) is 6.23. The first-order valence-corrected chi connectivity index (χ1v) is 4.90. The maximum Gasteiger partial charge on any atom is 0.311 e. The van der Waals surface area contributed by atoms with E-state index in [9.17, 15) is 9.59 Å². The first-order valence-electron chi connectivity index (χ1n) is 4.90. The van der Waals surface area contributed by atoms with Crippen molar-refractivity contribution in [2.24, 2.45) is 21.1 Å². The van der Waals surface area contributed by atoms with Crippen LogP contribution < -0.4 is 0 Å². The predicted octanol–water partition coefficient (Wildman–Crippen LogP) is 1.66. The number of nitrogens with zero attached hydrogens (tertiary/aromatic N) is 2. The normalized spacial score (nSPS) is 13.0. The number of hydrogen-bond donors (Lipinski definition) is 2. The van der Waals surface area contributed by atoms with Gasteiger partial charge in [0.15, 0.2) is 0 Å². The largest absolute Gasteiger partial charge is 0.481 e. The summed E-state index contributed by atoms with van der Waals surface area (Å²) in [6, 6.07) is 0. The third-order valence-corrected chi connectivity index (χ3v) is 2.19. The van der Waals surface area contributed by atoms with Crippen LogP contribution in [-0.4, -0.2) is 35.2 Å². The highest BCUT2D eigenvalue weighted by Gasteiger charge is 2.28. The molecule has 0 saturated heterocycles. The second-order valence-electron chi connectivity index (χ2n) is 4.98. The first-order chi connectivity index (χ1) is 7.09. The molecule has 0 aliphatic heterocycles. The van der Waals surface area contributed by atoms with Crippen molar-refractivity contribution in [2.75, 3.05) is 13.1 Å². The van der Waals surface area contributed by atoms with Gasteiger partial charge in [-0.05, 0) is 27.7 Å². The molecule has 0 fully saturated rings. The molecule has 92 valence electrons. The second kappa shape index (κ2) is 5.05. The van der Waals surface area contributed by atoms with E-state index in [4.69, 9.17) is 10.2 Å². The van der Waals surface area contributed by atoms with Gasteiger partial charge < -0.3 is 10.2 Å². The molecule has 0 saturated carbocycles. The van der Waals surface area contributed by atoms with E-state index in [0.29, 0.717) is 0 Å². The number of hydrogen-bond acceptors (Lipinski definition) is 4. The molecule has 0 aliphatic carbocycles. The average Bonchev–Trinajstić information content (AvgIpc) is 2.12. The summed E-state index contributed by atoms with van der Waals surface area (Å²) in [7, 11) is 0. The summed E-state index contributed by atoms with van der Waals surface area (Å²) in [5.74, 6) is -1.91. The van der Waals surface area contributed by atoms with Gasteiger partial charge in [-0.1, -0.05) is 0 Å². The zero-order chi connectivity index (χ0) is 13.0. The molecule has 0 aromatic heterocycles. The number of carboxylic acid groups (broad SMARTS) is 2. The van der Waals surface area contributed by atoms with E-state index >= 15 is 0 Å². The Hall–Kier alpha value is -1.46. The molecular weight excluding hydrogens is 212 g/mol. The van der Waals surface area contributed by atoms with E-state index < -0.39 is 22.8 Å². The fourth-order valence-corrected chi connectivity index (χ4v) is 0.589. The summed E-state index contributed by atoms with van der Waals surface area (Å²) in [5, 5.41) is 25.0. The zero-order valence-electron chi connectivity index (χ0n) is 10.0. The van der Waals surface area contributed by atoms with Crippen LogP contribution in [0.5, 0.6) is 0 Å². The van der Waals surface area contributed by atoms with Gasteiger partial charge in [0.2, 0.25) is 0 Å². The van der Waals surface area contributed by atoms with E-state index in [1.807, 2.05) is 0 Å². The Labute approximate surface area is 94.4 Å².